The number of carbonyl (C=O) groups is 2. The predicted molar refractivity (Wildman–Crippen MR) is 86.7 cm³/mol. The second-order valence-corrected chi connectivity index (χ2v) is 4.84. The zero-order valence-electron chi connectivity index (χ0n) is 13.3. The van der Waals surface area contributed by atoms with E-state index in [1.54, 1.807) is 4.90 Å². The lowest BCUT2D eigenvalue weighted by Crippen LogP contribution is -2.36. The molecule has 21 heavy (non-hydrogen) atoms. The summed E-state index contributed by atoms with van der Waals surface area (Å²) >= 11 is 0. The Balaban J connectivity index is 2.79. The van der Waals surface area contributed by atoms with Gasteiger partial charge in [-0.2, -0.15) is 0 Å². The van der Waals surface area contributed by atoms with E-state index in [9.17, 15) is 9.59 Å². The first-order valence-corrected chi connectivity index (χ1v) is 7.37. The van der Waals surface area contributed by atoms with Crippen LogP contribution >= 0.6 is 0 Å². The summed E-state index contributed by atoms with van der Waals surface area (Å²) in [6.45, 7) is 10.1. The number of amides is 2. The van der Waals surface area contributed by atoms with Crippen LogP contribution in [0.25, 0.3) is 0 Å². The van der Waals surface area contributed by atoms with Gasteiger partial charge in [0.1, 0.15) is 0 Å². The van der Waals surface area contributed by atoms with Crippen LogP contribution in [0.5, 0.6) is 0 Å². The smallest absolute Gasteiger partial charge is 0.223 e. The van der Waals surface area contributed by atoms with Crippen LogP contribution in [-0.4, -0.2) is 38.0 Å². The van der Waals surface area contributed by atoms with Crippen molar-refractivity contribution in [2.75, 3.05) is 36.0 Å². The molecule has 5 heteroatoms. The summed E-state index contributed by atoms with van der Waals surface area (Å²) in [7, 11) is 0. The molecule has 0 heterocycles. The molecule has 0 aliphatic heterocycles. The number of nitrogens with one attached hydrogen (secondary N) is 1. The van der Waals surface area contributed by atoms with Gasteiger partial charge in [-0.1, -0.05) is 0 Å². The topological polar surface area (TPSA) is 52.6 Å². The van der Waals surface area contributed by atoms with Crippen LogP contribution < -0.4 is 15.1 Å². The van der Waals surface area contributed by atoms with Gasteiger partial charge in [0, 0.05) is 51.4 Å². The van der Waals surface area contributed by atoms with Crippen LogP contribution in [0.3, 0.4) is 0 Å². The molecule has 0 bridgehead atoms. The molecule has 0 fully saturated rings. The van der Waals surface area contributed by atoms with Gasteiger partial charge in [-0.05, 0) is 38.1 Å². The van der Waals surface area contributed by atoms with Crippen LogP contribution in [0.15, 0.2) is 24.3 Å². The van der Waals surface area contributed by atoms with E-state index in [4.69, 9.17) is 0 Å². The largest absolute Gasteiger partial charge is 0.372 e. The molecule has 2 amide bonds. The molecule has 0 spiro atoms. The predicted octanol–water partition coefficient (Wildman–Crippen LogP) is 2.02. The number of carbonyl (C=O) groups excluding carboxylic acids is 2. The first-order chi connectivity index (χ1) is 9.99. The van der Waals surface area contributed by atoms with Gasteiger partial charge in [0.25, 0.3) is 0 Å². The summed E-state index contributed by atoms with van der Waals surface area (Å²) in [5.41, 5.74) is 2.00. The van der Waals surface area contributed by atoms with Gasteiger partial charge in [0.05, 0.1) is 0 Å². The average molecular weight is 291 g/mol. The number of rotatable bonds is 7. The van der Waals surface area contributed by atoms with Crippen LogP contribution in [0.2, 0.25) is 0 Å². The van der Waals surface area contributed by atoms with Crippen molar-refractivity contribution < 1.29 is 9.59 Å². The number of anilines is 2. The van der Waals surface area contributed by atoms with Crippen LogP contribution in [0.4, 0.5) is 11.4 Å². The second kappa shape index (κ2) is 8.29. The van der Waals surface area contributed by atoms with Gasteiger partial charge in [0.15, 0.2) is 0 Å². The minimum Gasteiger partial charge on any atom is -0.372 e. The zero-order valence-corrected chi connectivity index (χ0v) is 13.3. The van der Waals surface area contributed by atoms with Gasteiger partial charge < -0.3 is 15.1 Å². The van der Waals surface area contributed by atoms with Crippen molar-refractivity contribution >= 4 is 23.2 Å². The molecule has 1 N–H and O–H groups in total. The van der Waals surface area contributed by atoms with Crippen molar-refractivity contribution in [2.24, 2.45) is 0 Å². The summed E-state index contributed by atoms with van der Waals surface area (Å²) in [4.78, 5) is 26.6. The maximum atomic E-state index is 11.8. The second-order valence-electron chi connectivity index (χ2n) is 4.84. The van der Waals surface area contributed by atoms with Crippen LogP contribution in [0, 0.1) is 0 Å². The summed E-state index contributed by atoms with van der Waals surface area (Å²) in [6, 6.07) is 7.94. The Morgan fingerprint density at radius 1 is 1.00 bits per heavy atom. The van der Waals surface area contributed by atoms with Crippen molar-refractivity contribution in [3.63, 3.8) is 0 Å². The van der Waals surface area contributed by atoms with Crippen molar-refractivity contribution in [3.8, 4) is 0 Å². The highest BCUT2D eigenvalue weighted by atomic mass is 16.2. The van der Waals surface area contributed by atoms with Crippen LogP contribution in [0.1, 0.15) is 27.7 Å². The highest BCUT2D eigenvalue weighted by Crippen LogP contribution is 2.20. The third-order valence-electron chi connectivity index (χ3n) is 3.38. The summed E-state index contributed by atoms with van der Waals surface area (Å²) in [6.07, 6.45) is 0. The Labute approximate surface area is 126 Å². The molecular formula is C16H25N3O2. The molecule has 0 atom stereocenters. The maximum absolute atomic E-state index is 11.8. The Morgan fingerprint density at radius 2 is 1.52 bits per heavy atom. The summed E-state index contributed by atoms with van der Waals surface area (Å²) in [5.74, 6) is -0.119. The molecule has 0 aliphatic carbocycles. The monoisotopic (exact) mass is 291 g/mol. The van der Waals surface area contributed by atoms with E-state index >= 15 is 0 Å². The highest BCUT2D eigenvalue weighted by Gasteiger charge is 2.11. The van der Waals surface area contributed by atoms with Gasteiger partial charge >= 0.3 is 0 Å². The van der Waals surface area contributed by atoms with E-state index in [1.165, 1.54) is 13.8 Å². The highest BCUT2D eigenvalue weighted by molar-refractivity contribution is 5.91. The van der Waals surface area contributed by atoms with Gasteiger partial charge in [-0.15, -0.1) is 0 Å². The van der Waals surface area contributed by atoms with Gasteiger partial charge in [-0.3, -0.25) is 9.59 Å². The van der Waals surface area contributed by atoms with Crippen molar-refractivity contribution in [2.45, 2.75) is 27.7 Å². The van der Waals surface area contributed by atoms with Gasteiger partial charge in [-0.25, -0.2) is 0 Å². The lowest BCUT2D eigenvalue weighted by Gasteiger charge is -2.24. The molecule has 0 saturated carbocycles. The Morgan fingerprint density at radius 3 is 1.95 bits per heavy atom. The number of benzene rings is 1. The molecule has 1 aromatic rings. The molecule has 1 aromatic carbocycles. The molecule has 5 nitrogen and oxygen atoms in total. The zero-order chi connectivity index (χ0) is 15.8. The van der Waals surface area contributed by atoms with Crippen LogP contribution in [-0.2, 0) is 9.59 Å². The van der Waals surface area contributed by atoms with Crippen molar-refractivity contribution in [1.29, 1.82) is 0 Å². The molecule has 0 aromatic heterocycles. The third-order valence-corrected chi connectivity index (χ3v) is 3.38. The minimum absolute atomic E-state index is 0.0315. The van der Waals surface area contributed by atoms with E-state index in [1.807, 2.05) is 24.3 Å². The fraction of sp³-hybridized carbons (Fsp3) is 0.500. The quantitative estimate of drug-likeness (QED) is 0.836. The van der Waals surface area contributed by atoms with E-state index in [-0.39, 0.29) is 11.8 Å². The molecule has 116 valence electrons. The lowest BCUT2D eigenvalue weighted by molar-refractivity contribution is -0.119. The van der Waals surface area contributed by atoms with Gasteiger partial charge in [0.2, 0.25) is 11.8 Å². The van der Waals surface area contributed by atoms with E-state index in [0.29, 0.717) is 13.1 Å². The maximum Gasteiger partial charge on any atom is 0.223 e. The molecular weight excluding hydrogens is 266 g/mol. The first-order valence-electron chi connectivity index (χ1n) is 7.37. The fourth-order valence-electron chi connectivity index (χ4n) is 2.24. The molecule has 0 aliphatic rings. The third kappa shape index (κ3) is 5.10. The average Bonchev–Trinajstić information content (AvgIpc) is 2.45. The number of nitrogens with zero attached hydrogens (tertiary/aromatic N) is 2. The lowest BCUT2D eigenvalue weighted by atomic mass is 10.2. The van der Waals surface area contributed by atoms with E-state index < -0.39 is 0 Å². The van der Waals surface area contributed by atoms with E-state index in [2.05, 4.69) is 24.1 Å². The Hall–Kier alpha value is -2.04. The Bertz CT molecular complexity index is 467. The summed E-state index contributed by atoms with van der Waals surface area (Å²) < 4.78 is 0. The molecule has 0 unspecified atom stereocenters. The molecule has 0 radical (unpaired) electrons. The number of hydrogen-bond donors (Lipinski definition) is 1. The number of hydrogen-bond acceptors (Lipinski definition) is 3. The molecule has 0 saturated heterocycles. The Kier molecular flexibility index (Phi) is 6.72. The minimum atomic E-state index is -0.0876. The van der Waals surface area contributed by atoms with Crippen molar-refractivity contribution in [3.05, 3.63) is 24.3 Å². The van der Waals surface area contributed by atoms with Crippen molar-refractivity contribution in [1.82, 2.24) is 5.32 Å². The first kappa shape index (κ1) is 17.0. The SMILES string of the molecule is CCN(CC)c1ccc(N(CCNC(C)=O)C(C)=O)cc1. The normalized spacial score (nSPS) is 10.1. The summed E-state index contributed by atoms with van der Waals surface area (Å²) in [5, 5.41) is 2.71. The van der Waals surface area contributed by atoms with E-state index in [0.717, 1.165) is 24.5 Å². The fourth-order valence-corrected chi connectivity index (χ4v) is 2.24. The molecule has 1 rings (SSSR count). The standard InChI is InChI=1S/C16H25N3O2/c1-5-18(6-2)15-7-9-16(10-8-15)19(14(4)21)12-11-17-13(3)20/h7-10H,5-6,11-12H2,1-4H3,(H,17,20).